The monoisotopic (exact) mass is 379 g/mol. The standard InChI is InChI=1S/C22H29N5O/c1-14(2)20(24-4)22(28)26-17-10-15(3)12-27(13-17)19-8-7-16(11-23)21-18(19)6-5-9-25-21/h5-9,14-15,17,20,24H,10,12-13H2,1-4H3,(H,26,28)/t15-,17+,20?/m0/s1. The van der Waals surface area contributed by atoms with E-state index in [0.717, 1.165) is 36.1 Å². The van der Waals surface area contributed by atoms with Gasteiger partial charge in [-0.3, -0.25) is 9.78 Å². The lowest BCUT2D eigenvalue weighted by atomic mass is 9.93. The first-order valence-electron chi connectivity index (χ1n) is 9.95. The maximum absolute atomic E-state index is 12.7. The molecule has 0 aliphatic carbocycles. The van der Waals surface area contributed by atoms with Crippen molar-refractivity contribution in [2.45, 2.75) is 39.3 Å². The molecule has 6 heteroatoms. The molecule has 2 heterocycles. The maximum Gasteiger partial charge on any atom is 0.237 e. The van der Waals surface area contributed by atoms with Crippen LogP contribution in [0.4, 0.5) is 5.69 Å². The molecule has 1 fully saturated rings. The summed E-state index contributed by atoms with van der Waals surface area (Å²) < 4.78 is 0. The summed E-state index contributed by atoms with van der Waals surface area (Å²) in [4.78, 5) is 19.4. The van der Waals surface area contributed by atoms with Gasteiger partial charge in [0.2, 0.25) is 5.91 Å². The van der Waals surface area contributed by atoms with E-state index in [-0.39, 0.29) is 23.9 Å². The van der Waals surface area contributed by atoms with Crippen LogP contribution in [0.5, 0.6) is 0 Å². The number of nitriles is 1. The number of hydrogen-bond donors (Lipinski definition) is 2. The summed E-state index contributed by atoms with van der Waals surface area (Å²) >= 11 is 0. The highest BCUT2D eigenvalue weighted by Gasteiger charge is 2.29. The summed E-state index contributed by atoms with van der Waals surface area (Å²) in [7, 11) is 1.83. The Morgan fingerprint density at radius 2 is 2.11 bits per heavy atom. The van der Waals surface area contributed by atoms with Crippen LogP contribution in [0.2, 0.25) is 0 Å². The number of nitrogens with one attached hydrogen (secondary N) is 2. The minimum atomic E-state index is -0.189. The van der Waals surface area contributed by atoms with Gasteiger partial charge in [0.25, 0.3) is 0 Å². The lowest BCUT2D eigenvalue weighted by Crippen LogP contribution is -2.55. The molecule has 0 saturated carbocycles. The van der Waals surface area contributed by atoms with E-state index in [1.807, 2.05) is 45.2 Å². The number of pyridine rings is 1. The fourth-order valence-electron chi connectivity index (χ4n) is 4.23. The van der Waals surface area contributed by atoms with Crippen LogP contribution in [0, 0.1) is 23.2 Å². The second-order valence-electron chi connectivity index (χ2n) is 8.11. The molecule has 1 aliphatic rings. The predicted octanol–water partition coefficient (Wildman–Crippen LogP) is 2.68. The third-order valence-electron chi connectivity index (χ3n) is 5.47. The zero-order valence-corrected chi connectivity index (χ0v) is 17.1. The third-order valence-corrected chi connectivity index (χ3v) is 5.47. The van der Waals surface area contributed by atoms with Gasteiger partial charge < -0.3 is 15.5 Å². The first-order chi connectivity index (χ1) is 13.4. The van der Waals surface area contributed by atoms with E-state index in [4.69, 9.17) is 0 Å². The number of amides is 1. The number of likely N-dealkylation sites (N-methyl/N-ethyl adjacent to an activating group) is 1. The Kier molecular flexibility index (Phi) is 6.15. The molecule has 3 rings (SSSR count). The third kappa shape index (κ3) is 4.10. The molecule has 148 valence electrons. The van der Waals surface area contributed by atoms with Crippen molar-refractivity contribution in [3.63, 3.8) is 0 Å². The summed E-state index contributed by atoms with van der Waals surface area (Å²) in [6.45, 7) is 7.98. The van der Waals surface area contributed by atoms with Crippen molar-refractivity contribution in [2.75, 3.05) is 25.0 Å². The number of fused-ring (bicyclic) bond motifs is 1. The number of carbonyl (C=O) groups excluding carboxylic acids is 1. The number of benzene rings is 1. The average Bonchev–Trinajstić information content (AvgIpc) is 2.66. The summed E-state index contributed by atoms with van der Waals surface area (Å²) in [6.07, 6.45) is 2.68. The second-order valence-corrected chi connectivity index (χ2v) is 8.11. The lowest BCUT2D eigenvalue weighted by molar-refractivity contribution is -0.124. The Labute approximate surface area is 166 Å². The molecule has 2 N–H and O–H groups in total. The summed E-state index contributed by atoms with van der Waals surface area (Å²) in [6, 6.07) is 9.89. The van der Waals surface area contributed by atoms with Crippen molar-refractivity contribution in [1.82, 2.24) is 15.6 Å². The van der Waals surface area contributed by atoms with Gasteiger partial charge in [-0.1, -0.05) is 20.8 Å². The molecule has 0 spiro atoms. The first kappa shape index (κ1) is 20.1. The van der Waals surface area contributed by atoms with E-state index < -0.39 is 0 Å². The van der Waals surface area contributed by atoms with Crippen LogP contribution in [-0.4, -0.2) is 43.1 Å². The minimum absolute atomic E-state index is 0.0582. The van der Waals surface area contributed by atoms with Gasteiger partial charge in [-0.2, -0.15) is 5.26 Å². The Bertz CT molecular complexity index is 888. The van der Waals surface area contributed by atoms with Crippen molar-refractivity contribution in [3.8, 4) is 6.07 Å². The molecule has 0 bridgehead atoms. The lowest BCUT2D eigenvalue weighted by Gasteiger charge is -2.39. The van der Waals surface area contributed by atoms with Gasteiger partial charge in [-0.25, -0.2) is 0 Å². The first-order valence-corrected chi connectivity index (χ1v) is 9.95. The van der Waals surface area contributed by atoms with Crippen LogP contribution < -0.4 is 15.5 Å². The quantitative estimate of drug-likeness (QED) is 0.835. The molecule has 1 aliphatic heterocycles. The molecular formula is C22H29N5O. The smallest absolute Gasteiger partial charge is 0.237 e. The van der Waals surface area contributed by atoms with Crippen LogP contribution in [-0.2, 0) is 4.79 Å². The zero-order chi connectivity index (χ0) is 20.3. The Hall–Kier alpha value is -2.65. The van der Waals surface area contributed by atoms with E-state index in [9.17, 15) is 10.1 Å². The molecular weight excluding hydrogens is 350 g/mol. The van der Waals surface area contributed by atoms with Crippen LogP contribution in [0.1, 0.15) is 32.8 Å². The number of piperidine rings is 1. The summed E-state index contributed by atoms with van der Waals surface area (Å²) in [5.41, 5.74) is 2.39. The van der Waals surface area contributed by atoms with Gasteiger partial charge in [-0.05, 0) is 49.6 Å². The van der Waals surface area contributed by atoms with E-state index in [0.29, 0.717) is 11.5 Å². The van der Waals surface area contributed by atoms with Crippen molar-refractivity contribution >= 4 is 22.5 Å². The Morgan fingerprint density at radius 1 is 1.32 bits per heavy atom. The molecule has 0 radical (unpaired) electrons. The minimum Gasteiger partial charge on any atom is -0.369 e. The Balaban J connectivity index is 1.85. The number of carbonyl (C=O) groups is 1. The van der Waals surface area contributed by atoms with Gasteiger partial charge in [0, 0.05) is 36.4 Å². The molecule has 1 amide bonds. The second kappa shape index (κ2) is 8.57. The maximum atomic E-state index is 12.7. The largest absolute Gasteiger partial charge is 0.369 e. The highest BCUT2D eigenvalue weighted by molar-refractivity contribution is 5.95. The summed E-state index contributed by atoms with van der Waals surface area (Å²) in [5, 5.41) is 16.7. The SMILES string of the molecule is CNC(C(=O)N[C@@H]1C[C@H](C)CN(c2ccc(C#N)c3ncccc23)C1)C(C)C. The number of rotatable bonds is 5. The van der Waals surface area contributed by atoms with E-state index in [1.54, 1.807) is 6.20 Å². The molecule has 1 aromatic heterocycles. The molecule has 3 atom stereocenters. The molecule has 1 unspecified atom stereocenters. The zero-order valence-electron chi connectivity index (χ0n) is 17.1. The van der Waals surface area contributed by atoms with Gasteiger partial charge >= 0.3 is 0 Å². The van der Waals surface area contributed by atoms with E-state index in [1.165, 1.54) is 0 Å². The highest BCUT2D eigenvalue weighted by Crippen LogP contribution is 2.31. The molecule has 1 saturated heterocycles. The van der Waals surface area contributed by atoms with Crippen LogP contribution in [0.25, 0.3) is 10.9 Å². The number of aromatic nitrogens is 1. The highest BCUT2D eigenvalue weighted by atomic mass is 16.2. The van der Waals surface area contributed by atoms with Crippen molar-refractivity contribution in [3.05, 3.63) is 36.0 Å². The van der Waals surface area contributed by atoms with Gasteiger partial charge in [0.05, 0.1) is 17.1 Å². The molecule has 2 aromatic rings. The number of hydrogen-bond acceptors (Lipinski definition) is 5. The molecule has 1 aromatic carbocycles. The number of nitrogens with zero attached hydrogens (tertiary/aromatic N) is 3. The van der Waals surface area contributed by atoms with Crippen LogP contribution in [0.15, 0.2) is 30.5 Å². The van der Waals surface area contributed by atoms with Crippen molar-refractivity contribution in [2.24, 2.45) is 11.8 Å². The normalized spacial score (nSPS) is 20.8. The topological polar surface area (TPSA) is 81.0 Å². The molecule has 6 nitrogen and oxygen atoms in total. The number of anilines is 1. The Morgan fingerprint density at radius 3 is 2.79 bits per heavy atom. The van der Waals surface area contributed by atoms with Crippen molar-refractivity contribution < 1.29 is 4.79 Å². The predicted molar refractivity (Wildman–Crippen MR) is 112 cm³/mol. The van der Waals surface area contributed by atoms with Crippen molar-refractivity contribution in [1.29, 1.82) is 5.26 Å². The molecule has 28 heavy (non-hydrogen) atoms. The fraction of sp³-hybridized carbons (Fsp3) is 0.500. The van der Waals surface area contributed by atoms with Gasteiger partial charge in [0.15, 0.2) is 0 Å². The van der Waals surface area contributed by atoms with E-state index in [2.05, 4.69) is 33.5 Å². The average molecular weight is 380 g/mol. The van der Waals surface area contributed by atoms with Crippen LogP contribution >= 0.6 is 0 Å². The van der Waals surface area contributed by atoms with Gasteiger partial charge in [0.1, 0.15) is 6.07 Å². The summed E-state index contributed by atoms with van der Waals surface area (Å²) in [5.74, 6) is 0.743. The van der Waals surface area contributed by atoms with E-state index >= 15 is 0 Å². The fourth-order valence-corrected chi connectivity index (χ4v) is 4.23. The van der Waals surface area contributed by atoms with Crippen LogP contribution in [0.3, 0.4) is 0 Å². The van der Waals surface area contributed by atoms with Gasteiger partial charge in [-0.15, -0.1) is 0 Å².